The molecule has 1 aliphatic heterocycles. The number of halogens is 1. The van der Waals surface area contributed by atoms with Crippen LogP contribution in [0.15, 0.2) is 12.1 Å². The molecule has 1 atom stereocenters. The average molecular weight is 266 g/mol. The first-order valence-corrected chi connectivity index (χ1v) is 7.25. The lowest BCUT2D eigenvalue weighted by Gasteiger charge is -2.18. The van der Waals surface area contributed by atoms with Crippen LogP contribution < -0.4 is 10.1 Å². The highest BCUT2D eigenvalue weighted by Crippen LogP contribution is 2.37. The second kappa shape index (κ2) is 5.10. The fourth-order valence-corrected chi connectivity index (χ4v) is 3.09. The van der Waals surface area contributed by atoms with Crippen molar-refractivity contribution in [3.8, 4) is 5.75 Å². The van der Waals surface area contributed by atoms with Gasteiger partial charge in [0.1, 0.15) is 5.75 Å². The molecule has 0 spiro atoms. The van der Waals surface area contributed by atoms with Gasteiger partial charge in [-0.3, -0.25) is 0 Å². The van der Waals surface area contributed by atoms with Crippen LogP contribution in [0.1, 0.15) is 30.4 Å². The Morgan fingerprint density at radius 2 is 2.28 bits per heavy atom. The summed E-state index contributed by atoms with van der Waals surface area (Å²) in [4.78, 5) is 0. The van der Waals surface area contributed by atoms with Gasteiger partial charge in [-0.1, -0.05) is 24.4 Å². The maximum Gasteiger partial charge on any atom is 0.125 e. The van der Waals surface area contributed by atoms with Crippen LogP contribution in [0.25, 0.3) is 0 Å². The van der Waals surface area contributed by atoms with Gasteiger partial charge in [0.05, 0.1) is 6.61 Å². The van der Waals surface area contributed by atoms with Gasteiger partial charge in [0.15, 0.2) is 0 Å². The quantitative estimate of drug-likeness (QED) is 0.883. The summed E-state index contributed by atoms with van der Waals surface area (Å²) in [6.45, 7) is 0.801. The van der Waals surface area contributed by atoms with Crippen molar-refractivity contribution in [3.05, 3.63) is 28.3 Å². The number of rotatable bonds is 5. The standard InChI is InChI=1S/C15H20ClNO/c1-17-14(6-10-2-3-10)9-12-8-13(16)7-11-4-5-18-15(11)12/h7-8,10,14,17H,2-6,9H2,1H3. The zero-order valence-electron chi connectivity index (χ0n) is 10.8. The third-order valence-electron chi connectivity index (χ3n) is 4.01. The van der Waals surface area contributed by atoms with Crippen molar-refractivity contribution in [1.29, 1.82) is 0 Å². The Hall–Kier alpha value is -0.730. The van der Waals surface area contributed by atoms with Crippen LogP contribution >= 0.6 is 11.6 Å². The highest BCUT2D eigenvalue weighted by molar-refractivity contribution is 6.30. The number of fused-ring (bicyclic) bond motifs is 1. The molecule has 2 nitrogen and oxygen atoms in total. The molecule has 0 bridgehead atoms. The Labute approximate surface area is 114 Å². The van der Waals surface area contributed by atoms with Gasteiger partial charge >= 0.3 is 0 Å². The van der Waals surface area contributed by atoms with E-state index in [1.165, 1.54) is 30.4 Å². The molecule has 3 rings (SSSR count). The smallest absolute Gasteiger partial charge is 0.125 e. The first-order chi connectivity index (χ1) is 8.76. The lowest BCUT2D eigenvalue weighted by molar-refractivity contribution is 0.351. The van der Waals surface area contributed by atoms with E-state index in [0.717, 1.165) is 36.1 Å². The summed E-state index contributed by atoms with van der Waals surface area (Å²) in [6.07, 6.45) is 6.11. The Bertz CT molecular complexity index is 442. The molecule has 0 aromatic heterocycles. The normalized spacial score (nSPS) is 19.4. The molecule has 1 saturated carbocycles. The first-order valence-electron chi connectivity index (χ1n) is 6.87. The summed E-state index contributed by atoms with van der Waals surface area (Å²) in [5, 5.41) is 4.28. The van der Waals surface area contributed by atoms with Gasteiger partial charge in [0.2, 0.25) is 0 Å². The predicted molar refractivity (Wildman–Crippen MR) is 74.5 cm³/mol. The molecule has 1 fully saturated rings. The van der Waals surface area contributed by atoms with Crippen molar-refractivity contribution >= 4 is 11.6 Å². The van der Waals surface area contributed by atoms with Crippen molar-refractivity contribution in [2.45, 2.75) is 38.1 Å². The summed E-state index contributed by atoms with van der Waals surface area (Å²) in [7, 11) is 2.05. The number of nitrogens with one attached hydrogen (secondary N) is 1. The van der Waals surface area contributed by atoms with E-state index in [1.807, 2.05) is 6.07 Å². The Kier molecular flexibility index (Phi) is 3.49. The van der Waals surface area contributed by atoms with Crippen molar-refractivity contribution < 1.29 is 4.74 Å². The minimum Gasteiger partial charge on any atom is -0.493 e. The molecule has 0 amide bonds. The number of hydrogen-bond donors (Lipinski definition) is 1. The Morgan fingerprint density at radius 1 is 1.44 bits per heavy atom. The van der Waals surface area contributed by atoms with Gasteiger partial charge < -0.3 is 10.1 Å². The monoisotopic (exact) mass is 265 g/mol. The highest BCUT2D eigenvalue weighted by atomic mass is 35.5. The lowest BCUT2D eigenvalue weighted by atomic mass is 9.98. The average Bonchev–Trinajstić information content (AvgIpc) is 3.03. The van der Waals surface area contributed by atoms with E-state index in [1.54, 1.807) is 0 Å². The second-order valence-electron chi connectivity index (χ2n) is 5.52. The van der Waals surface area contributed by atoms with Crippen LogP contribution in [0.2, 0.25) is 5.02 Å². The molecule has 3 heteroatoms. The number of benzene rings is 1. The second-order valence-corrected chi connectivity index (χ2v) is 5.96. The fourth-order valence-electron chi connectivity index (χ4n) is 2.82. The third kappa shape index (κ3) is 2.65. The zero-order valence-corrected chi connectivity index (χ0v) is 11.6. The molecule has 98 valence electrons. The summed E-state index contributed by atoms with van der Waals surface area (Å²) in [6, 6.07) is 4.66. The molecule has 18 heavy (non-hydrogen) atoms. The maximum absolute atomic E-state index is 6.20. The van der Waals surface area contributed by atoms with Gasteiger partial charge in [-0.2, -0.15) is 0 Å². The van der Waals surface area contributed by atoms with Crippen LogP contribution in [0.5, 0.6) is 5.75 Å². The van der Waals surface area contributed by atoms with E-state index in [-0.39, 0.29) is 0 Å². The zero-order chi connectivity index (χ0) is 12.5. The van der Waals surface area contributed by atoms with Crippen LogP contribution in [0.4, 0.5) is 0 Å². The van der Waals surface area contributed by atoms with Crippen LogP contribution in [-0.4, -0.2) is 19.7 Å². The van der Waals surface area contributed by atoms with E-state index >= 15 is 0 Å². The molecule has 1 heterocycles. The number of likely N-dealkylation sites (N-methyl/N-ethyl adjacent to an activating group) is 1. The summed E-state index contributed by atoms with van der Waals surface area (Å²) in [5.41, 5.74) is 2.55. The van der Waals surface area contributed by atoms with Crippen LogP contribution in [-0.2, 0) is 12.8 Å². The minimum atomic E-state index is 0.546. The first kappa shape index (κ1) is 12.3. The fraction of sp³-hybridized carbons (Fsp3) is 0.600. The number of hydrogen-bond acceptors (Lipinski definition) is 2. The van der Waals surface area contributed by atoms with Gasteiger partial charge in [0, 0.05) is 17.5 Å². The molecule has 1 aromatic carbocycles. The van der Waals surface area contributed by atoms with Crippen LogP contribution in [0.3, 0.4) is 0 Å². The maximum atomic E-state index is 6.20. The van der Waals surface area contributed by atoms with E-state index in [2.05, 4.69) is 18.4 Å². The highest BCUT2D eigenvalue weighted by Gasteiger charge is 2.26. The van der Waals surface area contributed by atoms with Gasteiger partial charge in [-0.05, 0) is 49.1 Å². The third-order valence-corrected chi connectivity index (χ3v) is 4.23. The van der Waals surface area contributed by atoms with Gasteiger partial charge in [-0.15, -0.1) is 0 Å². The van der Waals surface area contributed by atoms with Crippen molar-refractivity contribution in [1.82, 2.24) is 5.32 Å². The van der Waals surface area contributed by atoms with Crippen molar-refractivity contribution in [2.75, 3.05) is 13.7 Å². The van der Waals surface area contributed by atoms with Gasteiger partial charge in [0.25, 0.3) is 0 Å². The van der Waals surface area contributed by atoms with Gasteiger partial charge in [-0.25, -0.2) is 0 Å². The molecule has 1 aromatic rings. The van der Waals surface area contributed by atoms with E-state index in [9.17, 15) is 0 Å². The molecule has 0 saturated heterocycles. The van der Waals surface area contributed by atoms with Crippen molar-refractivity contribution in [3.63, 3.8) is 0 Å². The number of ether oxygens (including phenoxy) is 1. The minimum absolute atomic E-state index is 0.546. The molecule has 1 unspecified atom stereocenters. The largest absolute Gasteiger partial charge is 0.493 e. The van der Waals surface area contributed by atoms with E-state index in [4.69, 9.17) is 16.3 Å². The molecule has 1 N–H and O–H groups in total. The topological polar surface area (TPSA) is 21.3 Å². The van der Waals surface area contributed by atoms with E-state index in [0.29, 0.717) is 6.04 Å². The molecular weight excluding hydrogens is 246 g/mol. The summed E-state index contributed by atoms with van der Waals surface area (Å²) in [5.74, 6) is 2.03. The van der Waals surface area contributed by atoms with E-state index < -0.39 is 0 Å². The van der Waals surface area contributed by atoms with Crippen LogP contribution in [0, 0.1) is 5.92 Å². The summed E-state index contributed by atoms with van der Waals surface area (Å²) < 4.78 is 5.76. The predicted octanol–water partition coefficient (Wildman–Crippen LogP) is 3.21. The lowest BCUT2D eigenvalue weighted by Crippen LogP contribution is -2.28. The Balaban J connectivity index is 1.78. The van der Waals surface area contributed by atoms with Crippen molar-refractivity contribution in [2.24, 2.45) is 5.92 Å². The SMILES string of the molecule is CNC(Cc1cc(Cl)cc2c1OCC2)CC1CC1. The Morgan fingerprint density at radius 3 is 3.00 bits per heavy atom. The molecule has 1 aliphatic carbocycles. The molecule has 2 aliphatic rings. The molecule has 0 radical (unpaired) electrons. The summed E-state index contributed by atoms with van der Waals surface area (Å²) >= 11 is 6.20. The molecular formula is C15H20ClNO.